The molecule has 0 fully saturated rings. The fourth-order valence-corrected chi connectivity index (χ4v) is 5.28. The van der Waals surface area contributed by atoms with Crippen LogP contribution in [0.1, 0.15) is 45.9 Å². The number of carbonyl (C=O) groups is 1. The van der Waals surface area contributed by atoms with Crippen LogP contribution in [-0.4, -0.2) is 40.4 Å². The van der Waals surface area contributed by atoms with Crippen LogP contribution in [0.15, 0.2) is 41.4 Å². The van der Waals surface area contributed by atoms with E-state index in [1.54, 1.807) is 39.4 Å². The van der Waals surface area contributed by atoms with E-state index in [1.165, 1.54) is 17.6 Å². The second kappa shape index (κ2) is 18.4. The zero-order valence-electron chi connectivity index (χ0n) is 21.0. The van der Waals surface area contributed by atoms with Crippen molar-refractivity contribution in [2.24, 2.45) is 0 Å². The van der Waals surface area contributed by atoms with Crippen LogP contribution in [0.3, 0.4) is 0 Å². The Labute approximate surface area is 224 Å². The summed E-state index contributed by atoms with van der Waals surface area (Å²) in [5, 5.41) is 12.8. The number of nitrogens with zero attached hydrogens (tertiary/aromatic N) is 4. The molecule has 0 bridgehead atoms. The summed E-state index contributed by atoms with van der Waals surface area (Å²) >= 11 is 3.95. The van der Waals surface area contributed by atoms with Crippen molar-refractivity contribution in [2.75, 3.05) is 26.0 Å². The Morgan fingerprint density at radius 1 is 1.26 bits per heavy atom. The molecule has 34 heavy (non-hydrogen) atoms. The van der Waals surface area contributed by atoms with Crippen LogP contribution in [0.5, 0.6) is 5.88 Å². The molecule has 0 aliphatic rings. The average molecular weight is 616 g/mol. The first kappa shape index (κ1) is 32.1. The average Bonchev–Trinajstić information content (AvgIpc) is 3.24. The van der Waals surface area contributed by atoms with Gasteiger partial charge in [0.1, 0.15) is 11.8 Å². The molecule has 1 amide bonds. The molecular weight excluding hydrogens is 581 g/mol. The van der Waals surface area contributed by atoms with Crippen LogP contribution in [0.25, 0.3) is 10.9 Å². The molecule has 0 saturated carbocycles. The molecule has 0 aliphatic heterocycles. The number of fused-ring (bicyclic) bond motifs is 1. The molecule has 7 nitrogen and oxygen atoms in total. The van der Waals surface area contributed by atoms with Crippen LogP contribution in [-0.2, 0) is 4.79 Å². The fourth-order valence-electron chi connectivity index (χ4n) is 2.56. The molecule has 0 spiro atoms. The lowest BCUT2D eigenvalue weighted by molar-refractivity contribution is -0.105. The standard InChI is InChI=1S/C13H14IN3S2.C7H8N2O2.2C2H6/c1-4-16(3)18-12-6-9(2)5-10-7-11(8-15)17(19-14)13(10)12;1-11-7-4-6(9-5-10)2-3-8-7;2*1-2/h5-7H,4H2,1-3H3;2-5H,1H3,(H,8,9,10);2*1-2H3. The third kappa shape index (κ3) is 9.74. The predicted octanol–water partition coefficient (Wildman–Crippen LogP) is 7.34. The molecule has 1 N–H and O–H groups in total. The van der Waals surface area contributed by atoms with Gasteiger partial charge in [-0.05, 0) is 55.7 Å². The number of benzene rings is 1. The van der Waals surface area contributed by atoms with Crippen molar-refractivity contribution in [1.29, 1.82) is 5.26 Å². The van der Waals surface area contributed by atoms with Crippen LogP contribution < -0.4 is 10.1 Å². The minimum Gasteiger partial charge on any atom is -0.481 e. The Bertz CT molecular complexity index is 1050. The minimum atomic E-state index is 0.483. The lowest BCUT2D eigenvalue weighted by Gasteiger charge is -2.15. The third-order valence-corrected chi connectivity index (χ3v) is 6.79. The van der Waals surface area contributed by atoms with Gasteiger partial charge < -0.3 is 10.1 Å². The van der Waals surface area contributed by atoms with E-state index in [-0.39, 0.29) is 0 Å². The zero-order chi connectivity index (χ0) is 26.1. The van der Waals surface area contributed by atoms with E-state index in [4.69, 9.17) is 4.74 Å². The molecule has 0 saturated heterocycles. The number of halogens is 1. The normalized spacial score (nSPS) is 9.44. The van der Waals surface area contributed by atoms with Gasteiger partial charge in [-0.3, -0.25) is 8.77 Å². The van der Waals surface area contributed by atoms with E-state index >= 15 is 0 Å². The number of nitrogens with one attached hydrogen (secondary N) is 1. The van der Waals surface area contributed by atoms with Gasteiger partial charge in [0.15, 0.2) is 0 Å². The predicted molar refractivity (Wildman–Crippen MR) is 156 cm³/mol. The van der Waals surface area contributed by atoms with Crippen LogP contribution in [0.4, 0.5) is 5.69 Å². The number of methoxy groups -OCH3 is 1. The number of aromatic nitrogens is 2. The number of nitriles is 1. The van der Waals surface area contributed by atoms with Crippen molar-refractivity contribution in [3.8, 4) is 11.9 Å². The van der Waals surface area contributed by atoms with Crippen LogP contribution in [0, 0.1) is 18.3 Å². The fraction of sp³-hybridized carbons (Fsp3) is 0.375. The third-order valence-electron chi connectivity index (χ3n) is 4.02. The van der Waals surface area contributed by atoms with Gasteiger partial charge >= 0.3 is 0 Å². The smallest absolute Gasteiger partial charge is 0.214 e. The SMILES string of the molecule is CC.CC.CCN(C)Sc1cc(C)cc2cc(C#N)n(SI)c12.COc1cc(NC=O)ccn1. The summed E-state index contributed by atoms with van der Waals surface area (Å²) in [6.07, 6.45) is 2.17. The van der Waals surface area contributed by atoms with Crippen molar-refractivity contribution >= 4 is 65.3 Å². The maximum Gasteiger partial charge on any atom is 0.214 e. The van der Waals surface area contributed by atoms with E-state index in [0.717, 1.165) is 17.4 Å². The molecule has 10 heteroatoms. The molecule has 186 valence electrons. The first-order valence-corrected chi connectivity index (χ1v) is 15.0. The van der Waals surface area contributed by atoms with Gasteiger partial charge in [0.05, 0.1) is 12.6 Å². The second-order valence-corrected chi connectivity index (χ2v) is 9.02. The lowest BCUT2D eigenvalue weighted by Crippen LogP contribution is -2.07. The van der Waals surface area contributed by atoms with E-state index < -0.39 is 0 Å². The van der Waals surface area contributed by atoms with Crippen LogP contribution in [0.2, 0.25) is 0 Å². The number of amides is 1. The van der Waals surface area contributed by atoms with Gasteiger partial charge in [-0.1, -0.05) is 34.6 Å². The van der Waals surface area contributed by atoms with E-state index in [2.05, 4.69) is 74.9 Å². The van der Waals surface area contributed by atoms with Gasteiger partial charge in [-0.2, -0.15) is 5.26 Å². The number of anilines is 1. The van der Waals surface area contributed by atoms with Crippen molar-refractivity contribution in [3.05, 3.63) is 47.8 Å². The first-order chi connectivity index (χ1) is 16.5. The Morgan fingerprint density at radius 2 is 1.94 bits per heavy atom. The highest BCUT2D eigenvalue weighted by molar-refractivity contribution is 14.2. The largest absolute Gasteiger partial charge is 0.481 e. The van der Waals surface area contributed by atoms with Crippen molar-refractivity contribution in [1.82, 2.24) is 13.3 Å². The number of pyridine rings is 1. The number of hydrogen-bond donors (Lipinski definition) is 1. The van der Waals surface area contributed by atoms with Crippen molar-refractivity contribution in [2.45, 2.75) is 46.4 Å². The molecule has 3 rings (SSSR count). The molecule has 2 aromatic heterocycles. The Morgan fingerprint density at radius 3 is 2.47 bits per heavy atom. The summed E-state index contributed by atoms with van der Waals surface area (Å²) in [6, 6.07) is 11.9. The molecule has 0 radical (unpaired) electrons. The van der Waals surface area contributed by atoms with Gasteiger partial charge in [0, 0.05) is 65.1 Å². The summed E-state index contributed by atoms with van der Waals surface area (Å²) in [5.74, 6) is 0.483. The highest BCUT2D eigenvalue weighted by Gasteiger charge is 2.14. The van der Waals surface area contributed by atoms with E-state index in [1.807, 2.05) is 37.7 Å². The van der Waals surface area contributed by atoms with Gasteiger partial charge in [0.25, 0.3) is 0 Å². The maximum absolute atomic E-state index is 10.0. The topological polar surface area (TPSA) is 83.2 Å². The maximum atomic E-state index is 10.0. The molecule has 0 atom stereocenters. The number of aryl methyl sites for hydroxylation is 1. The highest BCUT2D eigenvalue weighted by atomic mass is 127. The summed E-state index contributed by atoms with van der Waals surface area (Å²) < 4.78 is 9.03. The number of carbonyl (C=O) groups excluding carboxylic acids is 1. The quantitative estimate of drug-likeness (QED) is 0.169. The lowest BCUT2D eigenvalue weighted by atomic mass is 10.2. The molecule has 3 aromatic rings. The van der Waals surface area contributed by atoms with Gasteiger partial charge in [0.2, 0.25) is 12.3 Å². The summed E-state index contributed by atoms with van der Waals surface area (Å²) in [6.45, 7) is 13.2. The molecular formula is C24H34IN5O2S2. The number of hydrogen-bond acceptors (Lipinski definition) is 7. The number of ether oxygens (including phenoxy) is 1. The Kier molecular flexibility index (Phi) is 17.3. The summed E-state index contributed by atoms with van der Waals surface area (Å²) in [5.41, 5.74) is 3.72. The molecule has 1 aromatic carbocycles. The summed E-state index contributed by atoms with van der Waals surface area (Å²) in [7, 11) is 5.14. The highest BCUT2D eigenvalue weighted by Crippen LogP contribution is 2.36. The first-order valence-electron chi connectivity index (χ1n) is 10.9. The summed E-state index contributed by atoms with van der Waals surface area (Å²) in [4.78, 5) is 15.1. The minimum absolute atomic E-state index is 0.483. The van der Waals surface area contributed by atoms with E-state index in [9.17, 15) is 10.1 Å². The molecule has 0 aliphatic carbocycles. The van der Waals surface area contributed by atoms with E-state index in [0.29, 0.717) is 23.7 Å². The monoisotopic (exact) mass is 615 g/mol. The van der Waals surface area contributed by atoms with Crippen molar-refractivity contribution < 1.29 is 9.53 Å². The van der Waals surface area contributed by atoms with Gasteiger partial charge in [-0.25, -0.2) is 9.29 Å². The van der Waals surface area contributed by atoms with Gasteiger partial charge in [-0.15, -0.1) is 0 Å². The molecule has 0 unspecified atom stereocenters. The van der Waals surface area contributed by atoms with Crippen LogP contribution >= 0.6 is 42.3 Å². The number of rotatable bonds is 7. The molecule has 2 heterocycles. The zero-order valence-corrected chi connectivity index (χ0v) is 24.8. The van der Waals surface area contributed by atoms with Crippen molar-refractivity contribution in [3.63, 3.8) is 0 Å². The second-order valence-electron chi connectivity index (χ2n) is 6.09. The Balaban J connectivity index is 0.000000618. The Hall–Kier alpha value is -1.94.